The molecule has 4 heteroatoms. The van der Waals surface area contributed by atoms with Crippen molar-refractivity contribution >= 4 is 5.82 Å². The molecule has 70 valence electrons. The van der Waals surface area contributed by atoms with Gasteiger partial charge in [-0.1, -0.05) is 0 Å². The molecule has 4 nitrogen and oxygen atoms in total. The molecule has 1 fully saturated rings. The van der Waals surface area contributed by atoms with Crippen LogP contribution in [-0.4, -0.2) is 15.8 Å². The van der Waals surface area contributed by atoms with Crippen LogP contribution in [0.1, 0.15) is 24.1 Å². The molecule has 0 atom stereocenters. The first-order chi connectivity index (χ1) is 6.34. The Morgan fingerprint density at radius 2 is 2.31 bits per heavy atom. The minimum atomic E-state index is 0.708. The number of nitrogens with one attached hydrogen (secondary N) is 2. The van der Waals surface area contributed by atoms with E-state index in [0.29, 0.717) is 6.04 Å². The SMILES string of the molecule is Cn1nc2c(c1NC1CC1)CNC2. The summed E-state index contributed by atoms with van der Waals surface area (Å²) in [7, 11) is 2.02. The summed E-state index contributed by atoms with van der Waals surface area (Å²) >= 11 is 0. The van der Waals surface area contributed by atoms with Crippen molar-refractivity contribution in [1.82, 2.24) is 15.1 Å². The average Bonchev–Trinajstić information content (AvgIpc) is 2.74. The molecule has 2 heterocycles. The normalized spacial score (nSPS) is 20.4. The Bertz CT molecular complexity index is 338. The van der Waals surface area contributed by atoms with Crippen LogP contribution in [0.4, 0.5) is 5.82 Å². The second-order valence-electron chi connectivity index (χ2n) is 3.92. The Kier molecular flexibility index (Phi) is 1.41. The van der Waals surface area contributed by atoms with Crippen LogP contribution in [0.25, 0.3) is 0 Å². The van der Waals surface area contributed by atoms with Gasteiger partial charge in [0, 0.05) is 31.7 Å². The van der Waals surface area contributed by atoms with Gasteiger partial charge in [0.1, 0.15) is 5.82 Å². The van der Waals surface area contributed by atoms with Gasteiger partial charge in [0.05, 0.1) is 5.69 Å². The zero-order valence-electron chi connectivity index (χ0n) is 7.80. The number of aryl methyl sites for hydroxylation is 1. The fourth-order valence-corrected chi connectivity index (χ4v) is 1.86. The minimum absolute atomic E-state index is 0.708. The zero-order valence-corrected chi connectivity index (χ0v) is 7.80. The Labute approximate surface area is 77.3 Å². The maximum absolute atomic E-state index is 4.46. The monoisotopic (exact) mass is 178 g/mol. The van der Waals surface area contributed by atoms with Gasteiger partial charge in [-0.2, -0.15) is 5.10 Å². The maximum Gasteiger partial charge on any atom is 0.129 e. The second-order valence-corrected chi connectivity index (χ2v) is 3.92. The molecule has 2 aliphatic rings. The van der Waals surface area contributed by atoms with Crippen molar-refractivity contribution in [2.24, 2.45) is 7.05 Å². The molecule has 0 unspecified atom stereocenters. The molecule has 1 saturated carbocycles. The largest absolute Gasteiger partial charge is 0.367 e. The minimum Gasteiger partial charge on any atom is -0.367 e. The third kappa shape index (κ3) is 1.13. The summed E-state index contributed by atoms with van der Waals surface area (Å²) in [5, 5.41) is 11.3. The highest BCUT2D eigenvalue weighted by atomic mass is 15.3. The van der Waals surface area contributed by atoms with Crippen molar-refractivity contribution in [3.63, 3.8) is 0 Å². The second kappa shape index (κ2) is 2.48. The lowest BCUT2D eigenvalue weighted by Gasteiger charge is -2.06. The van der Waals surface area contributed by atoms with Crippen LogP contribution in [0.2, 0.25) is 0 Å². The first-order valence-corrected chi connectivity index (χ1v) is 4.86. The van der Waals surface area contributed by atoms with E-state index in [1.54, 1.807) is 0 Å². The van der Waals surface area contributed by atoms with E-state index >= 15 is 0 Å². The highest BCUT2D eigenvalue weighted by Crippen LogP contribution is 2.29. The van der Waals surface area contributed by atoms with Gasteiger partial charge >= 0.3 is 0 Å². The molecule has 2 N–H and O–H groups in total. The van der Waals surface area contributed by atoms with E-state index in [4.69, 9.17) is 0 Å². The van der Waals surface area contributed by atoms with Crippen LogP contribution in [0.15, 0.2) is 0 Å². The molecule has 3 rings (SSSR count). The number of aromatic nitrogens is 2. The van der Waals surface area contributed by atoms with Crippen LogP contribution >= 0.6 is 0 Å². The fraction of sp³-hybridized carbons (Fsp3) is 0.667. The first kappa shape index (κ1) is 7.38. The van der Waals surface area contributed by atoms with E-state index in [2.05, 4.69) is 15.7 Å². The molecule has 13 heavy (non-hydrogen) atoms. The summed E-state index contributed by atoms with van der Waals surface area (Å²) in [5.41, 5.74) is 2.58. The predicted octanol–water partition coefficient (Wildman–Crippen LogP) is 0.598. The van der Waals surface area contributed by atoms with Crippen LogP contribution in [0, 0.1) is 0 Å². The number of fused-ring (bicyclic) bond motifs is 1. The molecule has 1 aromatic rings. The smallest absolute Gasteiger partial charge is 0.129 e. The quantitative estimate of drug-likeness (QED) is 0.696. The number of anilines is 1. The Morgan fingerprint density at radius 1 is 1.46 bits per heavy atom. The lowest BCUT2D eigenvalue weighted by atomic mass is 10.3. The summed E-state index contributed by atoms with van der Waals surface area (Å²) in [6.45, 7) is 1.90. The van der Waals surface area contributed by atoms with Crippen molar-refractivity contribution in [2.45, 2.75) is 32.0 Å². The average molecular weight is 178 g/mol. The van der Waals surface area contributed by atoms with Crippen LogP contribution in [0.5, 0.6) is 0 Å². The van der Waals surface area contributed by atoms with Gasteiger partial charge in [-0.05, 0) is 12.8 Å². The van der Waals surface area contributed by atoms with E-state index in [-0.39, 0.29) is 0 Å². The number of hydrogen-bond acceptors (Lipinski definition) is 3. The first-order valence-electron chi connectivity index (χ1n) is 4.86. The van der Waals surface area contributed by atoms with E-state index in [0.717, 1.165) is 13.1 Å². The third-order valence-corrected chi connectivity index (χ3v) is 2.74. The fourth-order valence-electron chi connectivity index (χ4n) is 1.86. The lowest BCUT2D eigenvalue weighted by molar-refractivity contribution is 0.690. The summed E-state index contributed by atoms with van der Waals surface area (Å²) in [6.07, 6.45) is 2.63. The Hall–Kier alpha value is -1.03. The van der Waals surface area contributed by atoms with E-state index in [9.17, 15) is 0 Å². The standard InChI is InChI=1S/C9H14N4/c1-13-9(11-6-2-3-6)7-4-10-5-8(7)12-13/h6,10-11H,2-5H2,1H3. The lowest BCUT2D eigenvalue weighted by Crippen LogP contribution is -2.11. The molecular weight excluding hydrogens is 164 g/mol. The van der Waals surface area contributed by atoms with Crippen LogP contribution in [0.3, 0.4) is 0 Å². The van der Waals surface area contributed by atoms with Crippen molar-refractivity contribution in [3.8, 4) is 0 Å². The highest BCUT2D eigenvalue weighted by molar-refractivity contribution is 5.50. The molecule has 1 aliphatic carbocycles. The topological polar surface area (TPSA) is 41.9 Å². The Balaban J connectivity index is 1.96. The van der Waals surface area contributed by atoms with Crippen molar-refractivity contribution in [1.29, 1.82) is 0 Å². The third-order valence-electron chi connectivity index (χ3n) is 2.74. The van der Waals surface area contributed by atoms with E-state index in [1.807, 2.05) is 11.7 Å². The maximum atomic E-state index is 4.46. The summed E-state index contributed by atoms with van der Waals surface area (Å²) < 4.78 is 1.98. The van der Waals surface area contributed by atoms with E-state index in [1.165, 1.54) is 29.9 Å². The van der Waals surface area contributed by atoms with Crippen LogP contribution < -0.4 is 10.6 Å². The zero-order chi connectivity index (χ0) is 8.84. The van der Waals surface area contributed by atoms with Crippen LogP contribution in [-0.2, 0) is 20.1 Å². The van der Waals surface area contributed by atoms with Crippen molar-refractivity contribution in [3.05, 3.63) is 11.3 Å². The summed E-state index contributed by atoms with van der Waals surface area (Å²) in [4.78, 5) is 0. The van der Waals surface area contributed by atoms with Gasteiger partial charge in [-0.15, -0.1) is 0 Å². The van der Waals surface area contributed by atoms with Gasteiger partial charge in [0.25, 0.3) is 0 Å². The molecule has 0 bridgehead atoms. The van der Waals surface area contributed by atoms with Gasteiger partial charge in [-0.3, -0.25) is 4.68 Å². The predicted molar refractivity (Wildman–Crippen MR) is 50.4 cm³/mol. The molecule has 0 radical (unpaired) electrons. The van der Waals surface area contributed by atoms with E-state index < -0.39 is 0 Å². The number of hydrogen-bond donors (Lipinski definition) is 2. The molecule has 1 aromatic heterocycles. The Morgan fingerprint density at radius 3 is 3.08 bits per heavy atom. The molecule has 0 aromatic carbocycles. The molecule has 0 saturated heterocycles. The van der Waals surface area contributed by atoms with Crippen molar-refractivity contribution in [2.75, 3.05) is 5.32 Å². The highest BCUT2D eigenvalue weighted by Gasteiger charge is 2.26. The summed E-state index contributed by atoms with van der Waals surface area (Å²) in [6, 6.07) is 0.708. The summed E-state index contributed by atoms with van der Waals surface area (Å²) in [5.74, 6) is 1.22. The van der Waals surface area contributed by atoms with Gasteiger partial charge < -0.3 is 10.6 Å². The van der Waals surface area contributed by atoms with Gasteiger partial charge in [-0.25, -0.2) is 0 Å². The molecule has 0 amide bonds. The van der Waals surface area contributed by atoms with Crippen molar-refractivity contribution < 1.29 is 0 Å². The molecular formula is C9H14N4. The van der Waals surface area contributed by atoms with Gasteiger partial charge in [0.15, 0.2) is 0 Å². The number of nitrogens with zero attached hydrogens (tertiary/aromatic N) is 2. The molecule has 1 aliphatic heterocycles. The van der Waals surface area contributed by atoms with Gasteiger partial charge in [0.2, 0.25) is 0 Å². The number of rotatable bonds is 2. The molecule has 0 spiro atoms.